The minimum atomic E-state index is 0.726. The summed E-state index contributed by atoms with van der Waals surface area (Å²) in [4.78, 5) is 1.24. The number of hydrogen-bond donors (Lipinski definition) is 1. The van der Waals surface area contributed by atoms with Crippen LogP contribution in [0.1, 0.15) is 5.56 Å². The Morgan fingerprint density at radius 2 is 2.00 bits per heavy atom. The van der Waals surface area contributed by atoms with E-state index < -0.39 is 0 Å². The molecule has 2 aromatic carbocycles. The molecule has 0 atom stereocenters. The zero-order valence-corrected chi connectivity index (χ0v) is 13.1. The zero-order chi connectivity index (χ0) is 13.0. The number of hydrogen-bond acceptors (Lipinski definition) is 2. The second kappa shape index (κ2) is 6.50. The van der Waals surface area contributed by atoms with Gasteiger partial charge in [0.1, 0.15) is 0 Å². The van der Waals surface area contributed by atoms with Crippen LogP contribution in [0.4, 0.5) is 5.69 Å². The van der Waals surface area contributed by atoms with Gasteiger partial charge in [0.25, 0.3) is 0 Å². The molecule has 0 aliphatic heterocycles. The van der Waals surface area contributed by atoms with Gasteiger partial charge in [-0.15, -0.1) is 11.8 Å². The van der Waals surface area contributed by atoms with Gasteiger partial charge >= 0.3 is 0 Å². The summed E-state index contributed by atoms with van der Waals surface area (Å²) < 4.78 is 1.00. The lowest BCUT2D eigenvalue weighted by molar-refractivity contribution is 1.13. The van der Waals surface area contributed by atoms with Crippen LogP contribution in [0.25, 0.3) is 0 Å². The maximum absolute atomic E-state index is 6.19. The Labute approximate surface area is 125 Å². The third-order valence-electron chi connectivity index (χ3n) is 2.59. The number of rotatable bonds is 4. The summed E-state index contributed by atoms with van der Waals surface area (Å²) in [5.74, 6) is 0. The number of thioether (sulfide) groups is 1. The van der Waals surface area contributed by atoms with E-state index in [-0.39, 0.29) is 0 Å². The molecule has 0 aliphatic carbocycles. The summed E-state index contributed by atoms with van der Waals surface area (Å²) in [6, 6.07) is 14.2. The fourth-order valence-corrected chi connectivity index (χ4v) is 2.96. The zero-order valence-electron chi connectivity index (χ0n) is 9.91. The van der Waals surface area contributed by atoms with E-state index in [2.05, 4.69) is 39.6 Å². The van der Waals surface area contributed by atoms with Crippen molar-refractivity contribution in [3.8, 4) is 0 Å². The van der Waals surface area contributed by atoms with E-state index >= 15 is 0 Å². The summed E-state index contributed by atoms with van der Waals surface area (Å²) in [6.07, 6.45) is 2.08. The normalized spacial score (nSPS) is 10.4. The second-order valence-electron chi connectivity index (χ2n) is 3.79. The number of benzene rings is 2. The Morgan fingerprint density at radius 1 is 1.22 bits per heavy atom. The molecule has 2 aromatic rings. The Kier molecular flexibility index (Phi) is 4.98. The van der Waals surface area contributed by atoms with Gasteiger partial charge in [0, 0.05) is 26.6 Å². The summed E-state index contributed by atoms with van der Waals surface area (Å²) in [7, 11) is 0. The molecule has 0 saturated carbocycles. The minimum Gasteiger partial charge on any atom is -0.380 e. The van der Waals surface area contributed by atoms with Crippen molar-refractivity contribution in [1.82, 2.24) is 0 Å². The quantitative estimate of drug-likeness (QED) is 0.743. The fraction of sp³-hybridized carbons (Fsp3) is 0.143. The van der Waals surface area contributed by atoms with Crippen LogP contribution in [0.5, 0.6) is 0 Å². The third kappa shape index (κ3) is 3.44. The Morgan fingerprint density at radius 3 is 2.72 bits per heavy atom. The molecular formula is C14H13BrClNS. The average molecular weight is 343 g/mol. The van der Waals surface area contributed by atoms with E-state index in [0.717, 1.165) is 27.3 Å². The van der Waals surface area contributed by atoms with Gasteiger partial charge in [0.15, 0.2) is 0 Å². The van der Waals surface area contributed by atoms with Crippen LogP contribution in [0.2, 0.25) is 5.02 Å². The summed E-state index contributed by atoms with van der Waals surface area (Å²) in [6.45, 7) is 0.726. The molecule has 0 amide bonds. The molecule has 0 bridgehead atoms. The Bertz CT molecular complexity index is 545. The topological polar surface area (TPSA) is 12.0 Å². The highest BCUT2D eigenvalue weighted by Crippen LogP contribution is 2.26. The maximum Gasteiger partial charge on any atom is 0.0480 e. The van der Waals surface area contributed by atoms with Gasteiger partial charge in [-0.3, -0.25) is 0 Å². The lowest BCUT2D eigenvalue weighted by Crippen LogP contribution is -2.01. The van der Waals surface area contributed by atoms with Gasteiger partial charge in [-0.25, -0.2) is 0 Å². The lowest BCUT2D eigenvalue weighted by Gasteiger charge is -2.11. The van der Waals surface area contributed by atoms with E-state index in [1.54, 1.807) is 11.8 Å². The Balaban J connectivity index is 2.11. The SMILES string of the molecule is CSc1ccccc1NCc1ccc(Br)cc1Cl. The first-order chi connectivity index (χ1) is 8.70. The first-order valence-electron chi connectivity index (χ1n) is 5.51. The van der Waals surface area contributed by atoms with Crippen molar-refractivity contribution in [3.63, 3.8) is 0 Å². The van der Waals surface area contributed by atoms with Crippen LogP contribution in [0, 0.1) is 0 Å². The smallest absolute Gasteiger partial charge is 0.0480 e. The molecule has 0 heterocycles. The van der Waals surface area contributed by atoms with E-state index in [0.29, 0.717) is 0 Å². The lowest BCUT2D eigenvalue weighted by atomic mass is 10.2. The van der Waals surface area contributed by atoms with Crippen molar-refractivity contribution in [2.45, 2.75) is 11.4 Å². The molecule has 18 heavy (non-hydrogen) atoms. The predicted octanol–water partition coefficient (Wildman–Crippen LogP) is 5.44. The van der Waals surface area contributed by atoms with Crippen LogP contribution in [-0.4, -0.2) is 6.26 Å². The Hall–Kier alpha value is -0.640. The van der Waals surface area contributed by atoms with Crippen molar-refractivity contribution < 1.29 is 0 Å². The minimum absolute atomic E-state index is 0.726. The van der Waals surface area contributed by atoms with Crippen molar-refractivity contribution in [1.29, 1.82) is 0 Å². The van der Waals surface area contributed by atoms with E-state index in [4.69, 9.17) is 11.6 Å². The number of halogens is 2. The summed E-state index contributed by atoms with van der Waals surface area (Å²) in [5, 5.41) is 4.20. The third-order valence-corrected chi connectivity index (χ3v) is 4.23. The van der Waals surface area contributed by atoms with Gasteiger partial charge < -0.3 is 5.32 Å². The van der Waals surface area contributed by atoms with E-state index in [1.165, 1.54) is 4.90 Å². The molecule has 0 aliphatic rings. The summed E-state index contributed by atoms with van der Waals surface area (Å²) >= 11 is 11.3. The van der Waals surface area contributed by atoms with Crippen molar-refractivity contribution in [2.75, 3.05) is 11.6 Å². The molecule has 2 rings (SSSR count). The largest absolute Gasteiger partial charge is 0.380 e. The maximum atomic E-state index is 6.19. The highest BCUT2D eigenvalue weighted by atomic mass is 79.9. The summed E-state index contributed by atoms with van der Waals surface area (Å²) in [5.41, 5.74) is 2.24. The van der Waals surface area contributed by atoms with Gasteiger partial charge in [-0.1, -0.05) is 45.7 Å². The van der Waals surface area contributed by atoms with Crippen molar-refractivity contribution >= 4 is 45.0 Å². The number of anilines is 1. The van der Waals surface area contributed by atoms with Gasteiger partial charge in [0.05, 0.1) is 0 Å². The molecule has 1 nitrogen and oxygen atoms in total. The average Bonchev–Trinajstić information content (AvgIpc) is 2.38. The first kappa shape index (κ1) is 13.8. The molecule has 1 N–H and O–H groups in total. The highest BCUT2D eigenvalue weighted by Gasteiger charge is 2.03. The number of para-hydroxylation sites is 1. The van der Waals surface area contributed by atoms with Crippen LogP contribution < -0.4 is 5.32 Å². The predicted molar refractivity (Wildman–Crippen MR) is 84.7 cm³/mol. The highest BCUT2D eigenvalue weighted by molar-refractivity contribution is 9.10. The fourth-order valence-electron chi connectivity index (χ4n) is 1.65. The van der Waals surface area contributed by atoms with Gasteiger partial charge in [-0.05, 0) is 36.1 Å². The van der Waals surface area contributed by atoms with Gasteiger partial charge in [-0.2, -0.15) is 0 Å². The molecule has 0 radical (unpaired) electrons. The van der Waals surface area contributed by atoms with Crippen molar-refractivity contribution in [3.05, 3.63) is 57.5 Å². The first-order valence-corrected chi connectivity index (χ1v) is 7.91. The van der Waals surface area contributed by atoms with E-state index in [9.17, 15) is 0 Å². The second-order valence-corrected chi connectivity index (χ2v) is 5.96. The standard InChI is InChI=1S/C14H13BrClNS/c1-18-14-5-3-2-4-13(14)17-9-10-6-7-11(15)8-12(10)16/h2-8,17H,9H2,1H3. The molecule has 0 spiro atoms. The molecule has 0 fully saturated rings. The number of nitrogens with one attached hydrogen (secondary N) is 1. The van der Waals surface area contributed by atoms with Gasteiger partial charge in [0.2, 0.25) is 0 Å². The van der Waals surface area contributed by atoms with E-state index in [1.807, 2.05) is 30.3 Å². The molecule has 0 unspecified atom stereocenters. The van der Waals surface area contributed by atoms with Crippen LogP contribution in [0.3, 0.4) is 0 Å². The molecule has 0 saturated heterocycles. The molecule has 0 aromatic heterocycles. The molecule has 94 valence electrons. The molecule has 4 heteroatoms. The van der Waals surface area contributed by atoms with Crippen LogP contribution >= 0.6 is 39.3 Å². The van der Waals surface area contributed by atoms with Crippen molar-refractivity contribution in [2.24, 2.45) is 0 Å². The molecular weight excluding hydrogens is 330 g/mol. The van der Waals surface area contributed by atoms with Crippen LogP contribution in [0.15, 0.2) is 51.8 Å². The van der Waals surface area contributed by atoms with Crippen LogP contribution in [-0.2, 0) is 6.54 Å². The monoisotopic (exact) mass is 341 g/mol.